The van der Waals surface area contributed by atoms with E-state index >= 15 is 0 Å². The van der Waals surface area contributed by atoms with Gasteiger partial charge in [0.1, 0.15) is 5.92 Å². The number of nitrogens with one attached hydrogen (secondary N) is 1. The summed E-state index contributed by atoms with van der Waals surface area (Å²) in [6.45, 7) is 4.45. The summed E-state index contributed by atoms with van der Waals surface area (Å²) < 4.78 is 10.8. The first kappa shape index (κ1) is 14.5. The molecule has 3 aliphatic heterocycles. The molecule has 116 valence electrons. The van der Waals surface area contributed by atoms with Crippen LogP contribution in [0.1, 0.15) is 0 Å². The van der Waals surface area contributed by atoms with Crippen LogP contribution in [0, 0.1) is 11.8 Å². The van der Waals surface area contributed by atoms with Crippen LogP contribution < -0.4 is 5.32 Å². The second-order valence-corrected chi connectivity index (χ2v) is 5.59. The molecule has 0 radical (unpaired) electrons. The van der Waals surface area contributed by atoms with Crippen molar-refractivity contribution in [1.82, 2.24) is 10.2 Å². The summed E-state index contributed by atoms with van der Waals surface area (Å²) in [6.07, 6.45) is 2.65. The Hall–Kier alpha value is -1.44. The molecule has 3 aliphatic rings. The molecule has 0 spiro atoms. The Morgan fingerprint density at radius 1 is 1.19 bits per heavy atom. The van der Waals surface area contributed by atoms with Gasteiger partial charge in [-0.25, -0.2) is 0 Å². The molecular weight excluding hydrogens is 276 g/mol. The molecule has 7 heteroatoms. The number of hydrogen-bond donors (Lipinski definition) is 2. The zero-order valence-electron chi connectivity index (χ0n) is 11.7. The standard InChI is InChI=1S/C14H20N2O5/c17-13(15-3-4-16-5-7-20-8-6-16)11-9-1-2-10(21-9)12(11)14(18)19/h1-2,9-12H,3-8H2,(H,15,17)(H,18,19)/t9-,10-,11+,12-/m1/s1. The number of nitrogens with zero attached hydrogens (tertiary/aromatic N) is 1. The second kappa shape index (κ2) is 6.13. The molecule has 3 rings (SSSR count). The van der Waals surface area contributed by atoms with Gasteiger partial charge in [0.05, 0.1) is 31.3 Å². The van der Waals surface area contributed by atoms with E-state index < -0.39 is 30.0 Å². The fraction of sp³-hybridized carbons (Fsp3) is 0.714. The molecule has 2 saturated heterocycles. The van der Waals surface area contributed by atoms with Crippen molar-refractivity contribution in [3.63, 3.8) is 0 Å². The van der Waals surface area contributed by atoms with Crippen molar-refractivity contribution in [3.8, 4) is 0 Å². The number of ether oxygens (including phenoxy) is 2. The largest absolute Gasteiger partial charge is 0.481 e. The highest BCUT2D eigenvalue weighted by Gasteiger charge is 2.53. The number of carboxylic acid groups (broad SMARTS) is 1. The monoisotopic (exact) mass is 296 g/mol. The van der Waals surface area contributed by atoms with E-state index in [1.807, 2.05) is 0 Å². The molecule has 0 aromatic rings. The molecule has 0 aromatic carbocycles. The number of aliphatic carboxylic acids is 1. The number of morpholine rings is 1. The molecule has 3 heterocycles. The van der Waals surface area contributed by atoms with Gasteiger partial charge < -0.3 is 19.9 Å². The Balaban J connectivity index is 1.50. The van der Waals surface area contributed by atoms with Crippen molar-refractivity contribution in [3.05, 3.63) is 12.2 Å². The van der Waals surface area contributed by atoms with Crippen LogP contribution in [0.25, 0.3) is 0 Å². The minimum absolute atomic E-state index is 0.229. The Bertz CT molecular complexity index is 447. The van der Waals surface area contributed by atoms with E-state index in [1.165, 1.54) is 0 Å². The summed E-state index contributed by atoms with van der Waals surface area (Å²) in [6, 6.07) is 0. The topological polar surface area (TPSA) is 88.1 Å². The van der Waals surface area contributed by atoms with Crippen molar-refractivity contribution in [2.45, 2.75) is 12.2 Å². The maximum Gasteiger partial charge on any atom is 0.310 e. The maximum absolute atomic E-state index is 12.3. The average molecular weight is 296 g/mol. The molecule has 0 saturated carbocycles. The molecule has 4 atom stereocenters. The minimum atomic E-state index is -0.972. The van der Waals surface area contributed by atoms with Gasteiger partial charge in [-0.3, -0.25) is 14.5 Å². The number of rotatable bonds is 5. The fourth-order valence-electron chi connectivity index (χ4n) is 3.19. The molecule has 2 fully saturated rings. The minimum Gasteiger partial charge on any atom is -0.481 e. The van der Waals surface area contributed by atoms with E-state index in [4.69, 9.17) is 9.47 Å². The Kier molecular flexibility index (Phi) is 4.23. The molecule has 0 aliphatic carbocycles. The summed E-state index contributed by atoms with van der Waals surface area (Å²) in [5, 5.41) is 12.1. The lowest BCUT2D eigenvalue weighted by atomic mass is 9.82. The van der Waals surface area contributed by atoms with Crippen LogP contribution in [0.4, 0.5) is 0 Å². The summed E-state index contributed by atoms with van der Waals surface area (Å²) in [4.78, 5) is 25.8. The quantitative estimate of drug-likeness (QED) is 0.639. The Morgan fingerprint density at radius 3 is 2.52 bits per heavy atom. The van der Waals surface area contributed by atoms with Crippen LogP contribution >= 0.6 is 0 Å². The highest BCUT2D eigenvalue weighted by molar-refractivity contribution is 5.87. The summed E-state index contributed by atoms with van der Waals surface area (Å²) >= 11 is 0. The van der Waals surface area contributed by atoms with Gasteiger partial charge in [-0.2, -0.15) is 0 Å². The number of amides is 1. The molecule has 1 amide bonds. The van der Waals surface area contributed by atoms with Gasteiger partial charge in [-0.15, -0.1) is 0 Å². The molecule has 21 heavy (non-hydrogen) atoms. The second-order valence-electron chi connectivity index (χ2n) is 5.59. The Labute approximate surface area is 122 Å². The van der Waals surface area contributed by atoms with E-state index in [2.05, 4.69) is 10.2 Å². The van der Waals surface area contributed by atoms with Gasteiger partial charge in [-0.05, 0) is 0 Å². The van der Waals surface area contributed by atoms with E-state index in [-0.39, 0.29) is 5.91 Å². The van der Waals surface area contributed by atoms with Crippen molar-refractivity contribution in [2.24, 2.45) is 11.8 Å². The molecule has 7 nitrogen and oxygen atoms in total. The third-order valence-corrected chi connectivity index (χ3v) is 4.32. The van der Waals surface area contributed by atoms with Gasteiger partial charge in [0, 0.05) is 26.2 Å². The zero-order valence-corrected chi connectivity index (χ0v) is 11.7. The lowest BCUT2D eigenvalue weighted by Crippen LogP contribution is -2.46. The number of carboxylic acids is 1. The van der Waals surface area contributed by atoms with Gasteiger partial charge in [0.15, 0.2) is 0 Å². The SMILES string of the molecule is O=C(NCCN1CCOCC1)[C@@H]1[C@H](C(=O)O)[C@H]2C=C[C@H]1O2. The van der Waals surface area contributed by atoms with Gasteiger partial charge in [-0.1, -0.05) is 12.2 Å². The molecule has 2 bridgehead atoms. The third kappa shape index (κ3) is 2.95. The highest BCUT2D eigenvalue weighted by Crippen LogP contribution is 2.39. The third-order valence-electron chi connectivity index (χ3n) is 4.32. The fourth-order valence-corrected chi connectivity index (χ4v) is 3.19. The van der Waals surface area contributed by atoms with Crippen LogP contribution in [0.2, 0.25) is 0 Å². The first-order valence-corrected chi connectivity index (χ1v) is 7.31. The number of fused-ring (bicyclic) bond motifs is 2. The lowest BCUT2D eigenvalue weighted by molar-refractivity contribution is -0.146. The smallest absolute Gasteiger partial charge is 0.310 e. The van der Waals surface area contributed by atoms with Gasteiger partial charge >= 0.3 is 5.97 Å². The zero-order chi connectivity index (χ0) is 14.8. The van der Waals surface area contributed by atoms with E-state index in [1.54, 1.807) is 12.2 Å². The predicted octanol–water partition coefficient (Wildman–Crippen LogP) is -0.911. The van der Waals surface area contributed by atoms with Crippen molar-refractivity contribution < 1.29 is 24.2 Å². The van der Waals surface area contributed by atoms with Crippen LogP contribution in [0.3, 0.4) is 0 Å². The van der Waals surface area contributed by atoms with Gasteiger partial charge in [0.2, 0.25) is 5.91 Å². The van der Waals surface area contributed by atoms with E-state index in [9.17, 15) is 14.7 Å². The first-order chi connectivity index (χ1) is 10.2. The van der Waals surface area contributed by atoms with E-state index in [0.717, 1.165) is 32.8 Å². The molecule has 2 N–H and O–H groups in total. The van der Waals surface area contributed by atoms with Crippen LogP contribution in [0.15, 0.2) is 12.2 Å². The van der Waals surface area contributed by atoms with Crippen LogP contribution in [-0.4, -0.2) is 73.5 Å². The average Bonchev–Trinajstić information content (AvgIpc) is 3.08. The number of hydrogen-bond acceptors (Lipinski definition) is 5. The van der Waals surface area contributed by atoms with Crippen LogP contribution in [-0.2, 0) is 19.1 Å². The lowest BCUT2D eigenvalue weighted by Gasteiger charge is -2.27. The maximum atomic E-state index is 12.3. The summed E-state index contributed by atoms with van der Waals surface area (Å²) in [5.74, 6) is -2.60. The van der Waals surface area contributed by atoms with Crippen molar-refractivity contribution in [1.29, 1.82) is 0 Å². The van der Waals surface area contributed by atoms with E-state index in [0.29, 0.717) is 6.54 Å². The van der Waals surface area contributed by atoms with Crippen molar-refractivity contribution >= 4 is 11.9 Å². The highest BCUT2D eigenvalue weighted by atomic mass is 16.5. The molecule has 0 unspecified atom stereocenters. The Morgan fingerprint density at radius 2 is 1.86 bits per heavy atom. The normalized spacial score (nSPS) is 35.0. The molecular formula is C14H20N2O5. The number of carbonyl (C=O) groups excluding carboxylic acids is 1. The number of carbonyl (C=O) groups is 2. The summed E-state index contributed by atoms with van der Waals surface area (Å²) in [7, 11) is 0. The van der Waals surface area contributed by atoms with Gasteiger partial charge in [0.25, 0.3) is 0 Å². The summed E-state index contributed by atoms with van der Waals surface area (Å²) in [5.41, 5.74) is 0. The predicted molar refractivity (Wildman–Crippen MR) is 72.7 cm³/mol. The van der Waals surface area contributed by atoms with Crippen LogP contribution in [0.5, 0.6) is 0 Å². The van der Waals surface area contributed by atoms with Crippen molar-refractivity contribution in [2.75, 3.05) is 39.4 Å². The molecule has 0 aromatic heterocycles. The first-order valence-electron chi connectivity index (χ1n) is 7.31.